The van der Waals surface area contributed by atoms with Crippen LogP contribution in [0.5, 0.6) is 0 Å². The van der Waals surface area contributed by atoms with E-state index in [2.05, 4.69) is 28.9 Å². The fourth-order valence-corrected chi connectivity index (χ4v) is 2.50. The fourth-order valence-electron chi connectivity index (χ4n) is 1.86. The van der Waals surface area contributed by atoms with Gasteiger partial charge in [0.25, 0.3) is 0 Å². The molecule has 0 saturated carbocycles. The summed E-state index contributed by atoms with van der Waals surface area (Å²) in [5, 5.41) is 4.18. The molecule has 1 aromatic carbocycles. The fraction of sp³-hybridized carbons (Fsp3) is 0.250. The van der Waals surface area contributed by atoms with E-state index in [4.69, 9.17) is 5.84 Å². The lowest BCUT2D eigenvalue weighted by molar-refractivity contribution is 0.627. The molecule has 0 spiro atoms. The molecule has 1 heterocycles. The summed E-state index contributed by atoms with van der Waals surface area (Å²) in [6.07, 6.45) is 5.87. The van der Waals surface area contributed by atoms with E-state index in [1.54, 1.807) is 16.4 Å². The SMILES string of the molecule is CSc1ccccc1C(NN)c1cnn(C)c1. The number of nitrogens with two attached hydrogens (primary N) is 1. The van der Waals surface area contributed by atoms with Gasteiger partial charge in [0.15, 0.2) is 0 Å². The van der Waals surface area contributed by atoms with E-state index in [1.807, 2.05) is 31.6 Å². The van der Waals surface area contributed by atoms with Gasteiger partial charge in [-0.2, -0.15) is 5.10 Å². The molecule has 0 aliphatic rings. The highest BCUT2D eigenvalue weighted by Gasteiger charge is 2.16. The summed E-state index contributed by atoms with van der Waals surface area (Å²) >= 11 is 1.72. The third-order valence-electron chi connectivity index (χ3n) is 2.67. The zero-order chi connectivity index (χ0) is 12.3. The van der Waals surface area contributed by atoms with E-state index >= 15 is 0 Å². The van der Waals surface area contributed by atoms with Crippen molar-refractivity contribution in [3.63, 3.8) is 0 Å². The monoisotopic (exact) mass is 248 g/mol. The second-order valence-electron chi connectivity index (χ2n) is 3.79. The van der Waals surface area contributed by atoms with Crippen molar-refractivity contribution in [2.24, 2.45) is 12.9 Å². The van der Waals surface area contributed by atoms with Crippen molar-refractivity contribution >= 4 is 11.8 Å². The Balaban J connectivity index is 2.41. The first-order valence-electron chi connectivity index (χ1n) is 5.34. The Bertz CT molecular complexity index is 495. The van der Waals surface area contributed by atoms with Crippen molar-refractivity contribution in [1.82, 2.24) is 15.2 Å². The standard InChI is InChI=1S/C12H16N4S/c1-16-8-9(7-14-16)12(15-13)10-5-3-4-6-11(10)17-2/h3-8,12,15H,13H2,1-2H3. The van der Waals surface area contributed by atoms with Gasteiger partial charge in [0, 0.05) is 23.7 Å². The smallest absolute Gasteiger partial charge is 0.0751 e. The van der Waals surface area contributed by atoms with Gasteiger partial charge in [-0.15, -0.1) is 11.8 Å². The van der Waals surface area contributed by atoms with E-state index in [0.717, 1.165) is 5.56 Å². The number of benzene rings is 1. The highest BCUT2D eigenvalue weighted by Crippen LogP contribution is 2.29. The average Bonchev–Trinajstić information content (AvgIpc) is 2.77. The minimum atomic E-state index is -0.0210. The number of rotatable bonds is 4. The van der Waals surface area contributed by atoms with Crippen molar-refractivity contribution in [2.75, 3.05) is 6.26 Å². The van der Waals surface area contributed by atoms with Crippen LogP contribution in [0, 0.1) is 0 Å². The molecule has 1 atom stereocenters. The Hall–Kier alpha value is -1.30. The molecule has 0 radical (unpaired) electrons. The first-order chi connectivity index (χ1) is 8.26. The molecule has 2 rings (SSSR count). The largest absolute Gasteiger partial charge is 0.275 e. The predicted molar refractivity (Wildman–Crippen MR) is 70.6 cm³/mol. The molecule has 0 bridgehead atoms. The molecule has 0 aliphatic heterocycles. The molecule has 0 fully saturated rings. The lowest BCUT2D eigenvalue weighted by Gasteiger charge is -2.17. The Kier molecular flexibility index (Phi) is 3.83. The van der Waals surface area contributed by atoms with Crippen molar-refractivity contribution in [2.45, 2.75) is 10.9 Å². The van der Waals surface area contributed by atoms with Gasteiger partial charge in [0.05, 0.1) is 12.2 Å². The summed E-state index contributed by atoms with van der Waals surface area (Å²) < 4.78 is 1.78. The van der Waals surface area contributed by atoms with E-state index in [0.29, 0.717) is 0 Å². The molecule has 0 amide bonds. The van der Waals surface area contributed by atoms with Crippen molar-refractivity contribution in [3.05, 3.63) is 47.8 Å². The molecule has 5 heteroatoms. The van der Waals surface area contributed by atoms with E-state index in [1.165, 1.54) is 10.5 Å². The molecule has 1 unspecified atom stereocenters. The van der Waals surface area contributed by atoms with Gasteiger partial charge in [-0.25, -0.2) is 5.43 Å². The van der Waals surface area contributed by atoms with Gasteiger partial charge in [-0.1, -0.05) is 18.2 Å². The van der Waals surface area contributed by atoms with Crippen LogP contribution >= 0.6 is 11.8 Å². The first-order valence-corrected chi connectivity index (χ1v) is 6.56. The normalized spacial score (nSPS) is 12.6. The van der Waals surface area contributed by atoms with Crippen molar-refractivity contribution in [3.8, 4) is 0 Å². The molecule has 0 saturated heterocycles. The van der Waals surface area contributed by atoms with Gasteiger partial charge in [0.1, 0.15) is 0 Å². The van der Waals surface area contributed by atoms with E-state index in [-0.39, 0.29) is 6.04 Å². The molecule has 17 heavy (non-hydrogen) atoms. The number of aromatic nitrogens is 2. The Morgan fingerprint density at radius 3 is 2.76 bits per heavy atom. The second-order valence-corrected chi connectivity index (χ2v) is 4.64. The Labute approximate surface area is 105 Å². The van der Waals surface area contributed by atoms with Crippen LogP contribution in [-0.4, -0.2) is 16.0 Å². The number of aryl methyl sites for hydroxylation is 1. The number of nitrogens with zero attached hydrogens (tertiary/aromatic N) is 2. The third-order valence-corrected chi connectivity index (χ3v) is 3.49. The number of hydrogen-bond donors (Lipinski definition) is 2. The van der Waals surface area contributed by atoms with Crippen molar-refractivity contribution in [1.29, 1.82) is 0 Å². The molecule has 0 aliphatic carbocycles. The van der Waals surface area contributed by atoms with Crippen LogP contribution in [0.1, 0.15) is 17.2 Å². The molecule has 4 nitrogen and oxygen atoms in total. The zero-order valence-corrected chi connectivity index (χ0v) is 10.7. The van der Waals surface area contributed by atoms with Crippen LogP contribution in [-0.2, 0) is 7.05 Å². The minimum absolute atomic E-state index is 0.0210. The Morgan fingerprint density at radius 1 is 1.41 bits per heavy atom. The Morgan fingerprint density at radius 2 is 2.18 bits per heavy atom. The van der Waals surface area contributed by atoms with Gasteiger partial charge in [0.2, 0.25) is 0 Å². The highest BCUT2D eigenvalue weighted by atomic mass is 32.2. The summed E-state index contributed by atoms with van der Waals surface area (Å²) in [5.41, 5.74) is 5.10. The quantitative estimate of drug-likeness (QED) is 0.491. The lowest BCUT2D eigenvalue weighted by atomic mass is 10.0. The number of nitrogens with one attached hydrogen (secondary N) is 1. The van der Waals surface area contributed by atoms with E-state index in [9.17, 15) is 0 Å². The average molecular weight is 248 g/mol. The van der Waals surface area contributed by atoms with Crippen LogP contribution in [0.4, 0.5) is 0 Å². The second kappa shape index (κ2) is 5.35. The molecular formula is C12H16N4S. The van der Waals surface area contributed by atoms with Gasteiger partial charge in [-0.05, 0) is 17.9 Å². The summed E-state index contributed by atoms with van der Waals surface area (Å²) in [6, 6.07) is 8.22. The predicted octanol–water partition coefficient (Wildman–Crippen LogP) is 1.69. The summed E-state index contributed by atoms with van der Waals surface area (Å²) in [5.74, 6) is 5.67. The highest BCUT2D eigenvalue weighted by molar-refractivity contribution is 7.98. The van der Waals surface area contributed by atoms with Crippen LogP contribution in [0.3, 0.4) is 0 Å². The van der Waals surface area contributed by atoms with Crippen molar-refractivity contribution < 1.29 is 0 Å². The molecule has 3 N–H and O–H groups in total. The van der Waals surface area contributed by atoms with Gasteiger partial charge < -0.3 is 0 Å². The van der Waals surface area contributed by atoms with E-state index < -0.39 is 0 Å². The maximum Gasteiger partial charge on any atom is 0.0751 e. The molecule has 2 aromatic rings. The maximum absolute atomic E-state index is 5.67. The minimum Gasteiger partial charge on any atom is -0.275 e. The zero-order valence-electron chi connectivity index (χ0n) is 9.92. The maximum atomic E-state index is 5.67. The van der Waals surface area contributed by atoms with Crippen LogP contribution in [0.25, 0.3) is 0 Å². The van der Waals surface area contributed by atoms with Crippen LogP contribution in [0.15, 0.2) is 41.6 Å². The molecule has 90 valence electrons. The number of thioether (sulfide) groups is 1. The van der Waals surface area contributed by atoms with Crippen LogP contribution in [0.2, 0.25) is 0 Å². The summed E-state index contributed by atoms with van der Waals surface area (Å²) in [6.45, 7) is 0. The lowest BCUT2D eigenvalue weighted by Crippen LogP contribution is -2.29. The topological polar surface area (TPSA) is 55.9 Å². The third kappa shape index (κ3) is 2.52. The first kappa shape index (κ1) is 12.2. The van der Waals surface area contributed by atoms with Gasteiger partial charge >= 0.3 is 0 Å². The summed E-state index contributed by atoms with van der Waals surface area (Å²) in [7, 11) is 1.90. The summed E-state index contributed by atoms with van der Waals surface area (Å²) in [4.78, 5) is 1.22. The van der Waals surface area contributed by atoms with Gasteiger partial charge in [-0.3, -0.25) is 10.5 Å². The molecule has 1 aromatic heterocycles. The number of hydrogen-bond acceptors (Lipinski definition) is 4. The number of hydrazine groups is 1. The molecular weight excluding hydrogens is 232 g/mol. The van der Waals surface area contributed by atoms with Crippen LogP contribution < -0.4 is 11.3 Å².